The molecule has 1 saturated carbocycles. The average molecular weight is 534 g/mol. The van der Waals surface area contributed by atoms with Crippen molar-refractivity contribution in [1.82, 2.24) is 24.5 Å². The maximum atomic E-state index is 10.3. The normalized spacial score (nSPS) is 16.8. The van der Waals surface area contributed by atoms with Gasteiger partial charge in [-0.2, -0.15) is 20.0 Å². The number of hydrogen-bond donors (Lipinski definition) is 3. The second kappa shape index (κ2) is 10.7. The number of benzene rings is 1. The van der Waals surface area contributed by atoms with Gasteiger partial charge in [0.05, 0.1) is 34.1 Å². The molecule has 1 aliphatic heterocycles. The first kappa shape index (κ1) is 26.2. The molecule has 1 aromatic carbocycles. The molecule has 38 heavy (non-hydrogen) atoms. The van der Waals surface area contributed by atoms with Gasteiger partial charge in [-0.3, -0.25) is 0 Å². The molecule has 10 nitrogen and oxygen atoms in total. The molecule has 0 atom stereocenters. The number of rotatable bonds is 9. The number of nitriles is 2. The van der Waals surface area contributed by atoms with Crippen molar-refractivity contribution in [1.29, 1.82) is 10.5 Å². The lowest BCUT2D eigenvalue weighted by molar-refractivity contribution is -0.0126. The highest BCUT2D eigenvalue weighted by atomic mass is 35.5. The van der Waals surface area contributed by atoms with Crippen LogP contribution >= 0.6 is 11.6 Å². The van der Waals surface area contributed by atoms with Crippen LogP contribution in [0.2, 0.25) is 5.02 Å². The van der Waals surface area contributed by atoms with E-state index in [0.29, 0.717) is 45.4 Å². The van der Waals surface area contributed by atoms with Crippen molar-refractivity contribution < 1.29 is 5.11 Å². The van der Waals surface area contributed by atoms with Gasteiger partial charge in [-0.15, -0.1) is 5.10 Å². The number of aromatic nitrogens is 4. The summed E-state index contributed by atoms with van der Waals surface area (Å²) >= 11 is 6.64. The van der Waals surface area contributed by atoms with E-state index >= 15 is 0 Å². The van der Waals surface area contributed by atoms with Gasteiger partial charge in [0.25, 0.3) is 0 Å². The smallest absolute Gasteiger partial charge is 0.247 e. The zero-order valence-corrected chi connectivity index (χ0v) is 22.5. The third-order valence-corrected chi connectivity index (χ3v) is 7.77. The molecule has 0 radical (unpaired) electrons. The summed E-state index contributed by atoms with van der Waals surface area (Å²) in [7, 11) is 0. The van der Waals surface area contributed by atoms with E-state index in [0.717, 1.165) is 63.7 Å². The van der Waals surface area contributed by atoms with Crippen molar-refractivity contribution in [2.24, 2.45) is 5.92 Å². The number of anilines is 3. The molecule has 0 amide bonds. The van der Waals surface area contributed by atoms with Crippen molar-refractivity contribution in [2.75, 3.05) is 30.3 Å². The molecular formula is C27H32ClN9O. The van der Waals surface area contributed by atoms with Gasteiger partial charge in [0.15, 0.2) is 17.2 Å². The minimum Gasteiger partial charge on any atom is -0.390 e. The second-order valence-corrected chi connectivity index (χ2v) is 11.2. The molecule has 2 aliphatic rings. The number of piperidine rings is 1. The van der Waals surface area contributed by atoms with Gasteiger partial charge in [-0.1, -0.05) is 11.6 Å². The third-order valence-electron chi connectivity index (χ3n) is 7.46. The van der Waals surface area contributed by atoms with Crippen molar-refractivity contribution in [3.63, 3.8) is 0 Å². The maximum Gasteiger partial charge on any atom is 0.247 e. The summed E-state index contributed by atoms with van der Waals surface area (Å²) in [5, 5.41) is 40.9. The summed E-state index contributed by atoms with van der Waals surface area (Å²) < 4.78 is 1.46. The standard InChI is InChI=1S/C27H32ClN9O/c1-27(2,38)19-7-10-36(11-8-19)9-3-4-17-12-22(28)23(13-18(17)14-29)33-26-34-24(32-20-5-6-20)25-31-16-21(15-30)37(25)35-26/h12-13,16,19-20,38H,3-11H2,1-2H3,(H2,32,33,34,35). The molecule has 0 unspecified atom stereocenters. The first-order chi connectivity index (χ1) is 18.2. The number of halogens is 1. The molecule has 11 heteroatoms. The number of nitrogens with one attached hydrogen (secondary N) is 2. The first-order valence-electron chi connectivity index (χ1n) is 13.1. The largest absolute Gasteiger partial charge is 0.390 e. The summed E-state index contributed by atoms with van der Waals surface area (Å²) in [6.45, 7) is 6.70. The van der Waals surface area contributed by atoms with Crippen LogP contribution < -0.4 is 10.6 Å². The Bertz CT molecular complexity index is 1400. The Morgan fingerprint density at radius 1 is 1.16 bits per heavy atom. The fraction of sp³-hybridized carbons (Fsp3) is 0.519. The SMILES string of the molecule is CC(C)(O)C1CCN(CCCc2cc(Cl)c(Nc3nc(NC4CC4)c4ncc(C#N)n4n3)cc2C#N)CC1. The predicted molar refractivity (Wildman–Crippen MR) is 145 cm³/mol. The molecule has 5 rings (SSSR count). The summed E-state index contributed by atoms with van der Waals surface area (Å²) in [6, 6.07) is 8.30. The Balaban J connectivity index is 1.27. The highest BCUT2D eigenvalue weighted by molar-refractivity contribution is 6.33. The molecule has 0 spiro atoms. The van der Waals surface area contributed by atoms with Crippen molar-refractivity contribution in [3.8, 4) is 12.1 Å². The minimum absolute atomic E-state index is 0.253. The highest BCUT2D eigenvalue weighted by Crippen LogP contribution is 2.31. The molecule has 2 fully saturated rings. The van der Waals surface area contributed by atoms with Crippen LogP contribution in [0.25, 0.3) is 5.65 Å². The molecule has 0 bridgehead atoms. The Morgan fingerprint density at radius 3 is 2.58 bits per heavy atom. The van der Waals surface area contributed by atoms with E-state index < -0.39 is 5.60 Å². The van der Waals surface area contributed by atoms with Crippen molar-refractivity contribution in [2.45, 2.75) is 64.0 Å². The van der Waals surface area contributed by atoms with Crippen LogP contribution in [0.1, 0.15) is 62.8 Å². The van der Waals surface area contributed by atoms with Crippen molar-refractivity contribution >= 4 is 34.7 Å². The number of imidazole rings is 1. The monoisotopic (exact) mass is 533 g/mol. The zero-order valence-electron chi connectivity index (χ0n) is 21.7. The molecule has 1 aliphatic carbocycles. The van der Waals surface area contributed by atoms with Crippen LogP contribution in [-0.2, 0) is 6.42 Å². The molecule has 3 N–H and O–H groups in total. The van der Waals surface area contributed by atoms with E-state index in [1.807, 2.05) is 19.9 Å². The number of hydrogen-bond acceptors (Lipinski definition) is 9. The van der Waals surface area contributed by atoms with E-state index in [1.54, 1.807) is 6.07 Å². The third kappa shape index (κ3) is 5.83. The van der Waals surface area contributed by atoms with Crippen LogP contribution in [0.3, 0.4) is 0 Å². The number of nitrogens with zero attached hydrogens (tertiary/aromatic N) is 7. The van der Waals surface area contributed by atoms with Gasteiger partial charge in [0, 0.05) is 6.04 Å². The first-order valence-corrected chi connectivity index (χ1v) is 13.5. The van der Waals surface area contributed by atoms with Crippen LogP contribution in [-0.4, -0.2) is 60.9 Å². The Hall–Kier alpha value is -3.44. The molecule has 198 valence electrons. The average Bonchev–Trinajstić information content (AvgIpc) is 3.61. The number of likely N-dealkylation sites (tertiary alicyclic amines) is 1. The van der Waals surface area contributed by atoms with Gasteiger partial charge in [-0.05, 0) is 95.6 Å². The summed E-state index contributed by atoms with van der Waals surface area (Å²) in [6.07, 6.45) is 7.24. The van der Waals surface area contributed by atoms with Gasteiger partial charge < -0.3 is 20.6 Å². The zero-order chi connectivity index (χ0) is 26.9. The molecule has 3 heterocycles. The molecule has 2 aromatic heterocycles. The summed E-state index contributed by atoms with van der Waals surface area (Å²) in [5.74, 6) is 1.14. The number of fused-ring (bicyclic) bond motifs is 1. The summed E-state index contributed by atoms with van der Waals surface area (Å²) in [5.41, 5.74) is 2.15. The van der Waals surface area contributed by atoms with E-state index in [2.05, 4.69) is 42.7 Å². The van der Waals surface area contributed by atoms with E-state index in [9.17, 15) is 15.6 Å². The lowest BCUT2D eigenvalue weighted by atomic mass is 9.83. The fourth-order valence-electron chi connectivity index (χ4n) is 5.03. The Labute approximate surface area is 227 Å². The fourth-order valence-corrected chi connectivity index (χ4v) is 5.26. The van der Waals surface area contributed by atoms with E-state index in [-0.39, 0.29) is 5.95 Å². The lowest BCUT2D eigenvalue weighted by Crippen LogP contribution is -2.42. The highest BCUT2D eigenvalue weighted by Gasteiger charge is 2.30. The van der Waals surface area contributed by atoms with Gasteiger partial charge >= 0.3 is 0 Å². The van der Waals surface area contributed by atoms with Crippen LogP contribution in [0, 0.1) is 28.6 Å². The minimum atomic E-state index is -0.622. The molecule has 1 saturated heterocycles. The predicted octanol–water partition coefficient (Wildman–Crippen LogP) is 4.25. The quantitative estimate of drug-likeness (QED) is 0.368. The Morgan fingerprint density at radius 2 is 1.92 bits per heavy atom. The van der Waals surface area contributed by atoms with E-state index in [4.69, 9.17) is 11.6 Å². The second-order valence-electron chi connectivity index (χ2n) is 10.8. The maximum absolute atomic E-state index is 10.3. The number of aryl methyl sites for hydroxylation is 1. The van der Waals surface area contributed by atoms with Crippen LogP contribution in [0.5, 0.6) is 0 Å². The topological polar surface area (TPSA) is 138 Å². The molecule has 3 aromatic rings. The van der Waals surface area contributed by atoms with Crippen molar-refractivity contribution in [3.05, 3.63) is 40.2 Å². The van der Waals surface area contributed by atoms with Crippen LogP contribution in [0.15, 0.2) is 18.3 Å². The summed E-state index contributed by atoms with van der Waals surface area (Å²) in [4.78, 5) is 11.3. The van der Waals surface area contributed by atoms with Gasteiger partial charge in [0.2, 0.25) is 5.95 Å². The lowest BCUT2D eigenvalue weighted by Gasteiger charge is -2.37. The number of aliphatic hydroxyl groups is 1. The van der Waals surface area contributed by atoms with Crippen LogP contribution in [0.4, 0.5) is 17.5 Å². The van der Waals surface area contributed by atoms with E-state index in [1.165, 1.54) is 10.7 Å². The van der Waals surface area contributed by atoms with Gasteiger partial charge in [-0.25, -0.2) is 4.98 Å². The molecular weight excluding hydrogens is 502 g/mol. The Kier molecular flexibility index (Phi) is 7.40. The van der Waals surface area contributed by atoms with Gasteiger partial charge in [0.1, 0.15) is 6.07 Å².